The second-order valence-electron chi connectivity index (χ2n) is 2.27. The largest absolute Gasteiger partial charge is 0.338 e. The summed E-state index contributed by atoms with van der Waals surface area (Å²) >= 11 is 0. The number of carbonyl (C=O) groups is 1. The minimum absolute atomic E-state index is 0.137. The fourth-order valence-corrected chi connectivity index (χ4v) is 0.746. The van der Waals surface area contributed by atoms with E-state index in [4.69, 9.17) is 0 Å². The van der Waals surface area contributed by atoms with Crippen LogP contribution >= 0.6 is 0 Å². The number of anilines is 1. The second kappa shape index (κ2) is 4.24. The fraction of sp³-hybridized carbons (Fsp3) is 0.286. The van der Waals surface area contributed by atoms with Gasteiger partial charge in [0.2, 0.25) is 5.95 Å². The highest BCUT2D eigenvalue weighted by Gasteiger charge is 1.99. The summed E-state index contributed by atoms with van der Waals surface area (Å²) in [5.74, 6) is 0.137. The molecule has 0 saturated carbocycles. The van der Waals surface area contributed by atoms with E-state index in [-0.39, 0.29) is 11.5 Å². The third-order valence-corrected chi connectivity index (χ3v) is 1.24. The molecular weight excluding hydrogens is 172 g/mol. The van der Waals surface area contributed by atoms with Gasteiger partial charge >= 0.3 is 6.03 Å². The standard InChI is InChI=1S/C7H10N4O2/c1-2-8-7(13)11-6-9-4-3-5(12)10-6/h3-4H,2H2,1H3,(H3,8,9,10,11,12,13). The molecule has 0 radical (unpaired) electrons. The Morgan fingerprint density at radius 1 is 1.69 bits per heavy atom. The maximum atomic E-state index is 10.9. The zero-order chi connectivity index (χ0) is 9.68. The lowest BCUT2D eigenvalue weighted by Gasteiger charge is -2.02. The summed E-state index contributed by atoms with van der Waals surface area (Å²) in [6, 6.07) is 0.875. The van der Waals surface area contributed by atoms with E-state index in [0.29, 0.717) is 6.54 Å². The highest BCUT2D eigenvalue weighted by molar-refractivity contribution is 5.87. The molecule has 0 bridgehead atoms. The van der Waals surface area contributed by atoms with Crippen molar-refractivity contribution in [3.63, 3.8) is 0 Å². The van der Waals surface area contributed by atoms with E-state index >= 15 is 0 Å². The molecule has 1 rings (SSSR count). The van der Waals surface area contributed by atoms with Crippen LogP contribution in [0.1, 0.15) is 6.92 Å². The maximum absolute atomic E-state index is 10.9. The number of aromatic amines is 1. The van der Waals surface area contributed by atoms with Gasteiger partial charge in [-0.25, -0.2) is 9.78 Å². The van der Waals surface area contributed by atoms with Crippen LogP contribution in [-0.4, -0.2) is 22.5 Å². The van der Waals surface area contributed by atoms with Crippen LogP contribution in [0.2, 0.25) is 0 Å². The number of rotatable bonds is 2. The molecule has 0 fully saturated rings. The average Bonchev–Trinajstić information content (AvgIpc) is 2.04. The van der Waals surface area contributed by atoms with Crippen molar-refractivity contribution >= 4 is 12.0 Å². The van der Waals surface area contributed by atoms with Gasteiger partial charge in [0.15, 0.2) is 0 Å². The van der Waals surface area contributed by atoms with Gasteiger partial charge in [0.05, 0.1) is 0 Å². The first-order valence-corrected chi connectivity index (χ1v) is 3.82. The monoisotopic (exact) mass is 182 g/mol. The number of carbonyl (C=O) groups excluding carboxylic acids is 1. The van der Waals surface area contributed by atoms with Crippen molar-refractivity contribution in [1.82, 2.24) is 15.3 Å². The molecule has 3 N–H and O–H groups in total. The van der Waals surface area contributed by atoms with Crippen LogP contribution in [0.25, 0.3) is 0 Å². The molecule has 6 heteroatoms. The summed E-state index contributed by atoms with van der Waals surface area (Å²) in [5.41, 5.74) is -0.304. The van der Waals surface area contributed by atoms with Crippen LogP contribution in [0.5, 0.6) is 0 Å². The first kappa shape index (κ1) is 9.24. The Kier molecular flexibility index (Phi) is 3.02. The zero-order valence-electron chi connectivity index (χ0n) is 7.13. The van der Waals surface area contributed by atoms with E-state index in [0.717, 1.165) is 0 Å². The van der Waals surface area contributed by atoms with E-state index in [9.17, 15) is 9.59 Å². The molecule has 0 aromatic carbocycles. The van der Waals surface area contributed by atoms with Gasteiger partial charge in [-0.15, -0.1) is 0 Å². The molecular formula is C7H10N4O2. The van der Waals surface area contributed by atoms with E-state index in [1.165, 1.54) is 12.3 Å². The summed E-state index contributed by atoms with van der Waals surface area (Å²) in [5, 5.41) is 4.87. The summed E-state index contributed by atoms with van der Waals surface area (Å²) in [6.45, 7) is 2.31. The minimum atomic E-state index is -0.392. The fourth-order valence-electron chi connectivity index (χ4n) is 0.746. The molecule has 2 amide bonds. The van der Waals surface area contributed by atoms with Crippen molar-refractivity contribution in [1.29, 1.82) is 0 Å². The molecule has 0 saturated heterocycles. The maximum Gasteiger partial charge on any atom is 0.321 e. The van der Waals surface area contributed by atoms with Crippen molar-refractivity contribution in [2.24, 2.45) is 0 Å². The highest BCUT2D eigenvalue weighted by Crippen LogP contribution is 1.89. The molecule has 13 heavy (non-hydrogen) atoms. The van der Waals surface area contributed by atoms with Gasteiger partial charge in [-0.3, -0.25) is 15.1 Å². The van der Waals surface area contributed by atoms with Gasteiger partial charge in [0.25, 0.3) is 5.56 Å². The van der Waals surface area contributed by atoms with Crippen molar-refractivity contribution < 1.29 is 4.79 Å². The number of hydrogen-bond donors (Lipinski definition) is 3. The smallest absolute Gasteiger partial charge is 0.321 e. The van der Waals surface area contributed by atoms with Gasteiger partial charge in [-0.05, 0) is 6.92 Å². The molecule has 1 heterocycles. The predicted molar refractivity (Wildman–Crippen MR) is 47.6 cm³/mol. The average molecular weight is 182 g/mol. The lowest BCUT2D eigenvalue weighted by atomic mass is 10.6. The number of urea groups is 1. The minimum Gasteiger partial charge on any atom is -0.338 e. The lowest BCUT2D eigenvalue weighted by Crippen LogP contribution is -2.29. The second-order valence-corrected chi connectivity index (χ2v) is 2.27. The molecule has 0 aliphatic rings. The van der Waals surface area contributed by atoms with Gasteiger partial charge in [-0.2, -0.15) is 0 Å². The van der Waals surface area contributed by atoms with Crippen LogP contribution in [-0.2, 0) is 0 Å². The Hall–Kier alpha value is -1.85. The summed E-state index contributed by atoms with van der Waals surface area (Å²) in [7, 11) is 0. The molecule has 0 unspecified atom stereocenters. The Bertz CT molecular complexity index is 346. The van der Waals surface area contributed by atoms with Crippen LogP contribution in [0.3, 0.4) is 0 Å². The van der Waals surface area contributed by atoms with Crippen molar-refractivity contribution in [3.8, 4) is 0 Å². The Balaban J connectivity index is 2.64. The first-order chi connectivity index (χ1) is 6.22. The lowest BCUT2D eigenvalue weighted by molar-refractivity contribution is 0.252. The molecule has 0 atom stereocenters. The summed E-state index contributed by atoms with van der Waals surface area (Å²) < 4.78 is 0. The van der Waals surface area contributed by atoms with Crippen LogP contribution < -0.4 is 16.2 Å². The third kappa shape index (κ3) is 2.94. The van der Waals surface area contributed by atoms with E-state index in [1.54, 1.807) is 6.92 Å². The number of nitrogens with zero attached hydrogens (tertiary/aromatic N) is 1. The third-order valence-electron chi connectivity index (χ3n) is 1.24. The summed E-state index contributed by atoms with van der Waals surface area (Å²) in [4.78, 5) is 27.8. The van der Waals surface area contributed by atoms with Crippen LogP contribution in [0, 0.1) is 0 Å². The van der Waals surface area contributed by atoms with E-state index in [2.05, 4.69) is 20.6 Å². The molecule has 1 aromatic heterocycles. The Morgan fingerprint density at radius 2 is 2.46 bits per heavy atom. The summed E-state index contributed by atoms with van der Waals surface area (Å²) in [6.07, 6.45) is 1.32. The van der Waals surface area contributed by atoms with Crippen molar-refractivity contribution in [3.05, 3.63) is 22.6 Å². The van der Waals surface area contributed by atoms with Gasteiger partial charge in [-0.1, -0.05) is 0 Å². The van der Waals surface area contributed by atoms with E-state index < -0.39 is 6.03 Å². The first-order valence-electron chi connectivity index (χ1n) is 3.82. The van der Waals surface area contributed by atoms with Crippen LogP contribution in [0.15, 0.2) is 17.1 Å². The molecule has 1 aromatic rings. The predicted octanol–water partition coefficient (Wildman–Crippen LogP) is -0.0887. The molecule has 0 spiro atoms. The number of hydrogen-bond acceptors (Lipinski definition) is 3. The number of H-pyrrole nitrogens is 1. The highest BCUT2D eigenvalue weighted by atomic mass is 16.2. The SMILES string of the molecule is CCNC(=O)Nc1nccc(=O)[nH]1. The normalized spacial score (nSPS) is 9.31. The molecule has 0 aliphatic heterocycles. The number of aromatic nitrogens is 2. The molecule has 70 valence electrons. The van der Waals surface area contributed by atoms with Gasteiger partial charge < -0.3 is 5.32 Å². The Morgan fingerprint density at radius 3 is 3.08 bits per heavy atom. The quantitative estimate of drug-likeness (QED) is 0.597. The number of nitrogens with one attached hydrogen (secondary N) is 3. The topological polar surface area (TPSA) is 86.9 Å². The molecule has 6 nitrogen and oxygen atoms in total. The van der Waals surface area contributed by atoms with E-state index in [1.807, 2.05) is 0 Å². The zero-order valence-corrected chi connectivity index (χ0v) is 7.13. The number of amides is 2. The van der Waals surface area contributed by atoms with Crippen molar-refractivity contribution in [2.75, 3.05) is 11.9 Å². The Labute approximate surface area is 74.4 Å². The van der Waals surface area contributed by atoms with Crippen molar-refractivity contribution in [2.45, 2.75) is 6.92 Å². The van der Waals surface area contributed by atoms with Gasteiger partial charge in [0.1, 0.15) is 0 Å². The van der Waals surface area contributed by atoms with Gasteiger partial charge in [0, 0.05) is 18.8 Å². The molecule has 0 aliphatic carbocycles. The van der Waals surface area contributed by atoms with Crippen LogP contribution in [0.4, 0.5) is 10.7 Å².